The van der Waals surface area contributed by atoms with E-state index in [0.717, 1.165) is 0 Å². The summed E-state index contributed by atoms with van der Waals surface area (Å²) in [6, 6.07) is 34.9. The van der Waals surface area contributed by atoms with E-state index < -0.39 is 0 Å². The van der Waals surface area contributed by atoms with E-state index in [1.807, 2.05) is 0 Å². The molecule has 1 aromatic heterocycles. The summed E-state index contributed by atoms with van der Waals surface area (Å²) < 4.78 is 2.38. The molecule has 4 aromatic carbocycles. The minimum atomic E-state index is 0.500. The van der Waals surface area contributed by atoms with Crippen molar-refractivity contribution in [1.82, 2.24) is 4.57 Å². The molecule has 5 aromatic rings. The van der Waals surface area contributed by atoms with Crippen LogP contribution in [0.1, 0.15) is 25.3 Å². The Labute approximate surface area is 178 Å². The van der Waals surface area contributed by atoms with Gasteiger partial charge in [-0.3, -0.25) is 0 Å². The lowest BCUT2D eigenvalue weighted by Crippen LogP contribution is -2.08. The molecule has 0 spiro atoms. The highest BCUT2D eigenvalue weighted by atomic mass is 15.1. The van der Waals surface area contributed by atoms with Gasteiger partial charge < -0.3 is 9.47 Å². The third-order valence-electron chi connectivity index (χ3n) is 5.98. The van der Waals surface area contributed by atoms with Crippen molar-refractivity contribution < 1.29 is 0 Å². The maximum Gasteiger partial charge on any atom is 0.0542 e. The van der Waals surface area contributed by atoms with Crippen molar-refractivity contribution in [2.24, 2.45) is 0 Å². The summed E-state index contributed by atoms with van der Waals surface area (Å²) in [5.74, 6) is 0.500. The average molecular weight is 391 g/mol. The van der Waals surface area contributed by atoms with E-state index in [1.165, 1.54) is 44.4 Å². The number of nitrogens with zero attached hydrogens (tertiary/aromatic N) is 2. The van der Waals surface area contributed by atoms with Crippen LogP contribution in [0.2, 0.25) is 0 Å². The van der Waals surface area contributed by atoms with Gasteiger partial charge in [0.1, 0.15) is 0 Å². The van der Waals surface area contributed by atoms with Crippen molar-refractivity contribution in [3.63, 3.8) is 0 Å². The molecule has 0 bridgehead atoms. The molecule has 0 saturated heterocycles. The maximum absolute atomic E-state index is 2.38. The van der Waals surface area contributed by atoms with Crippen LogP contribution in [0.15, 0.2) is 97.1 Å². The van der Waals surface area contributed by atoms with Crippen LogP contribution in [-0.2, 0) is 0 Å². The zero-order valence-electron chi connectivity index (χ0n) is 17.7. The lowest BCUT2D eigenvalue weighted by Gasteiger charge is -2.19. The van der Waals surface area contributed by atoms with Crippen LogP contribution in [0.4, 0.5) is 11.4 Å². The summed E-state index contributed by atoms with van der Waals surface area (Å²) in [5.41, 5.74) is 7.43. The molecule has 0 aliphatic heterocycles. The number of para-hydroxylation sites is 2. The first-order chi connectivity index (χ1) is 14.6. The summed E-state index contributed by atoms with van der Waals surface area (Å²) in [6.45, 7) is 4.51. The Morgan fingerprint density at radius 3 is 1.90 bits per heavy atom. The molecule has 5 rings (SSSR count). The Morgan fingerprint density at radius 2 is 1.23 bits per heavy atom. The first-order valence-corrected chi connectivity index (χ1v) is 10.6. The summed E-state index contributed by atoms with van der Waals surface area (Å²) in [6.07, 6.45) is 0. The smallest absolute Gasteiger partial charge is 0.0542 e. The summed E-state index contributed by atoms with van der Waals surface area (Å²) in [5, 5.41) is 2.60. The molecule has 30 heavy (non-hydrogen) atoms. The van der Waals surface area contributed by atoms with E-state index in [0.29, 0.717) is 5.92 Å². The largest absolute Gasteiger partial charge is 0.345 e. The second-order valence-electron chi connectivity index (χ2n) is 8.20. The van der Waals surface area contributed by atoms with Crippen molar-refractivity contribution >= 4 is 33.2 Å². The third-order valence-corrected chi connectivity index (χ3v) is 5.98. The average Bonchev–Trinajstić information content (AvgIpc) is 3.12. The maximum atomic E-state index is 2.38. The van der Waals surface area contributed by atoms with E-state index in [9.17, 15) is 0 Å². The lowest BCUT2D eigenvalue weighted by atomic mass is 10.0. The van der Waals surface area contributed by atoms with E-state index >= 15 is 0 Å². The molecule has 0 radical (unpaired) electrons. The Morgan fingerprint density at radius 1 is 0.633 bits per heavy atom. The predicted octanol–water partition coefficient (Wildman–Crippen LogP) is 7.68. The fourth-order valence-corrected chi connectivity index (χ4v) is 4.25. The molecule has 0 N–H and O–H groups in total. The molecular formula is C28H26N2. The highest BCUT2D eigenvalue weighted by Crippen LogP contribution is 2.36. The molecule has 2 heteroatoms. The number of hydrogen-bond donors (Lipinski definition) is 0. The standard InChI is InChI=1S/C28H26N2/c1-20(2)21-14-16-27-25(18-21)26-19-24(29(3)22-10-6-4-7-11-22)15-17-28(26)30(27)23-12-8-5-9-13-23/h4-20H,1-3H3. The van der Waals surface area contributed by atoms with Gasteiger partial charge >= 0.3 is 0 Å². The van der Waals surface area contributed by atoms with E-state index in [1.54, 1.807) is 0 Å². The zero-order chi connectivity index (χ0) is 20.7. The number of fused-ring (bicyclic) bond motifs is 3. The van der Waals surface area contributed by atoms with Gasteiger partial charge in [-0.25, -0.2) is 0 Å². The first-order valence-electron chi connectivity index (χ1n) is 10.6. The predicted molar refractivity (Wildman–Crippen MR) is 129 cm³/mol. The molecule has 0 saturated carbocycles. The molecule has 1 heterocycles. The Hall–Kier alpha value is -3.52. The summed E-state index contributed by atoms with van der Waals surface area (Å²) >= 11 is 0. The van der Waals surface area contributed by atoms with Crippen molar-refractivity contribution in [2.75, 3.05) is 11.9 Å². The fraction of sp³-hybridized carbons (Fsp3) is 0.143. The van der Waals surface area contributed by atoms with Crippen molar-refractivity contribution in [1.29, 1.82) is 0 Å². The van der Waals surface area contributed by atoms with Crippen LogP contribution < -0.4 is 4.90 Å². The minimum absolute atomic E-state index is 0.500. The molecule has 0 amide bonds. The monoisotopic (exact) mass is 390 g/mol. The summed E-state index contributed by atoms with van der Waals surface area (Å²) in [7, 11) is 2.13. The van der Waals surface area contributed by atoms with Crippen LogP contribution >= 0.6 is 0 Å². The van der Waals surface area contributed by atoms with Gasteiger partial charge in [-0.05, 0) is 66.1 Å². The molecule has 0 atom stereocenters. The van der Waals surface area contributed by atoms with Gasteiger partial charge in [-0.2, -0.15) is 0 Å². The van der Waals surface area contributed by atoms with Crippen LogP contribution in [0, 0.1) is 0 Å². The Kier molecular flexibility index (Phi) is 4.55. The van der Waals surface area contributed by atoms with Crippen LogP contribution in [0.3, 0.4) is 0 Å². The molecule has 2 nitrogen and oxygen atoms in total. The fourth-order valence-electron chi connectivity index (χ4n) is 4.25. The van der Waals surface area contributed by atoms with Gasteiger partial charge in [0.25, 0.3) is 0 Å². The second kappa shape index (κ2) is 7.38. The van der Waals surface area contributed by atoms with Gasteiger partial charge in [-0.1, -0.05) is 56.3 Å². The van der Waals surface area contributed by atoms with Gasteiger partial charge in [-0.15, -0.1) is 0 Å². The second-order valence-corrected chi connectivity index (χ2v) is 8.20. The van der Waals surface area contributed by atoms with Crippen molar-refractivity contribution in [3.05, 3.63) is 103 Å². The van der Waals surface area contributed by atoms with Gasteiger partial charge in [0.05, 0.1) is 11.0 Å². The molecule has 0 unspecified atom stereocenters. The molecule has 148 valence electrons. The Bertz CT molecular complexity index is 1310. The number of anilines is 2. The van der Waals surface area contributed by atoms with Crippen molar-refractivity contribution in [2.45, 2.75) is 19.8 Å². The van der Waals surface area contributed by atoms with E-state index in [-0.39, 0.29) is 0 Å². The Balaban J connectivity index is 1.78. The van der Waals surface area contributed by atoms with Crippen LogP contribution in [0.25, 0.3) is 27.5 Å². The van der Waals surface area contributed by atoms with Gasteiger partial charge in [0.2, 0.25) is 0 Å². The number of rotatable bonds is 4. The lowest BCUT2D eigenvalue weighted by molar-refractivity contribution is 0.868. The SMILES string of the molecule is CC(C)c1ccc2c(c1)c1cc(N(C)c3ccccc3)ccc1n2-c1ccccc1. The number of hydrogen-bond acceptors (Lipinski definition) is 1. The summed E-state index contributed by atoms with van der Waals surface area (Å²) in [4.78, 5) is 2.25. The normalized spacial score (nSPS) is 11.5. The molecule has 0 aliphatic carbocycles. The van der Waals surface area contributed by atoms with E-state index in [2.05, 4.69) is 127 Å². The van der Waals surface area contributed by atoms with E-state index in [4.69, 9.17) is 0 Å². The molecule has 0 fully saturated rings. The van der Waals surface area contributed by atoms with Gasteiger partial charge in [0.15, 0.2) is 0 Å². The third kappa shape index (κ3) is 3.05. The van der Waals surface area contributed by atoms with Gasteiger partial charge in [0, 0.05) is 34.9 Å². The minimum Gasteiger partial charge on any atom is -0.345 e. The topological polar surface area (TPSA) is 8.17 Å². The zero-order valence-corrected chi connectivity index (χ0v) is 17.7. The highest BCUT2D eigenvalue weighted by molar-refractivity contribution is 6.10. The quantitative estimate of drug-likeness (QED) is 0.305. The first kappa shape index (κ1) is 18.5. The number of benzene rings is 4. The van der Waals surface area contributed by atoms with Crippen molar-refractivity contribution in [3.8, 4) is 5.69 Å². The van der Waals surface area contributed by atoms with Crippen LogP contribution in [-0.4, -0.2) is 11.6 Å². The highest BCUT2D eigenvalue weighted by Gasteiger charge is 2.15. The molecule has 0 aliphatic rings. The molecular weight excluding hydrogens is 364 g/mol. The number of aromatic nitrogens is 1. The van der Waals surface area contributed by atoms with Crippen LogP contribution in [0.5, 0.6) is 0 Å².